The Balaban J connectivity index is 1.99. The Bertz CT molecular complexity index is 791. The van der Waals surface area contributed by atoms with Gasteiger partial charge in [0.1, 0.15) is 5.82 Å². The molecule has 1 fully saturated rings. The first-order valence-corrected chi connectivity index (χ1v) is 7.85. The van der Waals surface area contributed by atoms with Crippen molar-refractivity contribution in [3.8, 4) is 0 Å². The van der Waals surface area contributed by atoms with Crippen molar-refractivity contribution in [1.29, 1.82) is 0 Å². The van der Waals surface area contributed by atoms with Gasteiger partial charge < -0.3 is 4.98 Å². The van der Waals surface area contributed by atoms with Crippen molar-refractivity contribution < 1.29 is 12.8 Å². The van der Waals surface area contributed by atoms with Crippen LogP contribution >= 0.6 is 0 Å². The number of rotatable bonds is 2. The number of hydrogen-bond donors (Lipinski definition) is 1. The largest absolute Gasteiger partial charge is 0.326 e. The van der Waals surface area contributed by atoms with Crippen molar-refractivity contribution >= 4 is 20.9 Å². The van der Waals surface area contributed by atoms with Crippen LogP contribution in [-0.2, 0) is 16.4 Å². The minimum absolute atomic E-state index is 0.0787. The van der Waals surface area contributed by atoms with Gasteiger partial charge in [-0.05, 0) is 30.5 Å². The lowest BCUT2D eigenvalue weighted by Gasteiger charge is -2.08. The third-order valence-corrected chi connectivity index (χ3v) is 5.34. The Hall–Kier alpha value is -1.63. The minimum Gasteiger partial charge on any atom is -0.306 e. The van der Waals surface area contributed by atoms with E-state index in [4.69, 9.17) is 0 Å². The van der Waals surface area contributed by atoms with Crippen LogP contribution in [0.2, 0.25) is 0 Å². The van der Waals surface area contributed by atoms with E-state index in [1.807, 2.05) is 0 Å². The maximum Gasteiger partial charge on any atom is 0.326 e. The van der Waals surface area contributed by atoms with Crippen LogP contribution in [0.3, 0.4) is 0 Å². The maximum atomic E-state index is 13.2. The average Bonchev–Trinajstić information content (AvgIpc) is 2.81. The van der Waals surface area contributed by atoms with Crippen LogP contribution in [-0.4, -0.2) is 29.5 Å². The molecule has 0 spiro atoms. The van der Waals surface area contributed by atoms with E-state index in [0.717, 1.165) is 0 Å². The zero-order chi connectivity index (χ0) is 13.6. The van der Waals surface area contributed by atoms with Crippen molar-refractivity contribution in [2.75, 3.05) is 11.5 Å². The third-order valence-electron chi connectivity index (χ3n) is 3.50. The van der Waals surface area contributed by atoms with Gasteiger partial charge in [-0.1, -0.05) is 0 Å². The number of imidazole rings is 1. The van der Waals surface area contributed by atoms with Crippen molar-refractivity contribution in [1.82, 2.24) is 9.55 Å². The molecule has 0 amide bonds. The zero-order valence-electron chi connectivity index (χ0n) is 10.1. The summed E-state index contributed by atoms with van der Waals surface area (Å²) in [6, 6.07) is 4.08. The van der Waals surface area contributed by atoms with Gasteiger partial charge in [0.05, 0.1) is 22.5 Å². The Kier molecular flexibility index (Phi) is 2.74. The molecular weight excluding hydrogens is 271 g/mol. The molecule has 1 N–H and O–H groups in total. The Morgan fingerprint density at radius 1 is 1.42 bits per heavy atom. The summed E-state index contributed by atoms with van der Waals surface area (Å²) in [4.78, 5) is 14.5. The van der Waals surface area contributed by atoms with Gasteiger partial charge in [-0.2, -0.15) is 0 Å². The van der Waals surface area contributed by atoms with Gasteiger partial charge in [-0.25, -0.2) is 17.6 Å². The van der Waals surface area contributed by atoms with Crippen LogP contribution in [0.25, 0.3) is 11.0 Å². The molecule has 1 aliphatic rings. The molecule has 0 aliphatic carbocycles. The van der Waals surface area contributed by atoms with Gasteiger partial charge in [-0.3, -0.25) is 4.57 Å². The number of fused-ring (bicyclic) bond motifs is 1. The molecule has 0 radical (unpaired) electrons. The maximum absolute atomic E-state index is 13.2. The molecule has 1 aromatic heterocycles. The summed E-state index contributed by atoms with van der Waals surface area (Å²) in [5.41, 5.74) is 0.714. The number of sulfone groups is 1. The van der Waals surface area contributed by atoms with Gasteiger partial charge in [0.25, 0.3) is 0 Å². The molecule has 1 unspecified atom stereocenters. The number of aromatic nitrogens is 2. The van der Waals surface area contributed by atoms with Crippen LogP contribution in [0.4, 0.5) is 4.39 Å². The standard InChI is InChI=1S/C12H13FN2O3S/c13-9-1-2-10-11(5-9)15(12(16)14-10)6-8-3-4-19(17,18)7-8/h1-2,5,8H,3-4,6-7H2,(H,14,16). The summed E-state index contributed by atoms with van der Waals surface area (Å²) in [5, 5.41) is 0. The predicted molar refractivity (Wildman–Crippen MR) is 69.3 cm³/mol. The highest BCUT2D eigenvalue weighted by Crippen LogP contribution is 2.21. The molecule has 102 valence electrons. The van der Waals surface area contributed by atoms with E-state index in [1.165, 1.54) is 22.8 Å². The fourth-order valence-corrected chi connectivity index (χ4v) is 4.43. The molecule has 1 atom stereocenters. The summed E-state index contributed by atoms with van der Waals surface area (Å²) in [7, 11) is -2.97. The quantitative estimate of drug-likeness (QED) is 0.890. The van der Waals surface area contributed by atoms with Crippen LogP contribution in [0.15, 0.2) is 23.0 Å². The Labute approximate surface area is 109 Å². The molecule has 2 heterocycles. The monoisotopic (exact) mass is 284 g/mol. The predicted octanol–water partition coefficient (Wildman–Crippen LogP) is 0.903. The fraction of sp³-hybridized carbons (Fsp3) is 0.417. The summed E-state index contributed by atoms with van der Waals surface area (Å²) in [6.45, 7) is 0.307. The van der Waals surface area contributed by atoms with Crippen molar-refractivity contribution in [3.05, 3.63) is 34.5 Å². The van der Waals surface area contributed by atoms with Gasteiger partial charge in [-0.15, -0.1) is 0 Å². The van der Waals surface area contributed by atoms with E-state index in [2.05, 4.69) is 4.98 Å². The number of nitrogens with one attached hydrogen (secondary N) is 1. The zero-order valence-corrected chi connectivity index (χ0v) is 10.9. The topological polar surface area (TPSA) is 71.9 Å². The molecule has 7 heteroatoms. The summed E-state index contributed by atoms with van der Waals surface area (Å²) in [6.07, 6.45) is 0.552. The second-order valence-electron chi connectivity index (χ2n) is 4.97. The van der Waals surface area contributed by atoms with E-state index in [1.54, 1.807) is 0 Å². The summed E-state index contributed by atoms with van der Waals surface area (Å²) in [5.74, 6) is -0.228. The van der Waals surface area contributed by atoms with E-state index >= 15 is 0 Å². The minimum atomic E-state index is -2.97. The van der Waals surface area contributed by atoms with Crippen molar-refractivity contribution in [2.45, 2.75) is 13.0 Å². The van der Waals surface area contributed by atoms with Crippen LogP contribution in [0, 0.1) is 11.7 Å². The second kappa shape index (κ2) is 4.19. The van der Waals surface area contributed by atoms with E-state index in [0.29, 0.717) is 24.0 Å². The third kappa shape index (κ3) is 2.30. The highest BCUT2D eigenvalue weighted by Gasteiger charge is 2.28. The SMILES string of the molecule is O=c1[nH]c2ccc(F)cc2n1CC1CCS(=O)(=O)C1. The molecule has 1 saturated heterocycles. The first-order valence-electron chi connectivity index (χ1n) is 6.03. The number of H-pyrrole nitrogens is 1. The number of nitrogens with zero attached hydrogens (tertiary/aromatic N) is 1. The molecule has 1 aromatic carbocycles. The molecule has 5 nitrogen and oxygen atoms in total. The number of hydrogen-bond acceptors (Lipinski definition) is 3. The number of benzene rings is 1. The normalized spacial score (nSPS) is 22.1. The highest BCUT2D eigenvalue weighted by molar-refractivity contribution is 7.91. The molecule has 0 bridgehead atoms. The van der Waals surface area contributed by atoms with Crippen LogP contribution < -0.4 is 5.69 Å². The lowest BCUT2D eigenvalue weighted by Crippen LogP contribution is -2.22. The van der Waals surface area contributed by atoms with E-state index in [-0.39, 0.29) is 23.1 Å². The highest BCUT2D eigenvalue weighted by atomic mass is 32.2. The molecule has 19 heavy (non-hydrogen) atoms. The van der Waals surface area contributed by atoms with Crippen LogP contribution in [0.1, 0.15) is 6.42 Å². The first-order chi connectivity index (χ1) is 8.94. The Morgan fingerprint density at radius 2 is 2.21 bits per heavy atom. The number of halogens is 1. The summed E-state index contributed by atoms with van der Waals surface area (Å²) < 4.78 is 37.5. The fourth-order valence-electron chi connectivity index (χ4n) is 2.58. The van der Waals surface area contributed by atoms with Crippen LogP contribution in [0.5, 0.6) is 0 Å². The van der Waals surface area contributed by atoms with E-state index < -0.39 is 15.7 Å². The molecule has 2 aromatic rings. The van der Waals surface area contributed by atoms with Gasteiger partial charge in [0, 0.05) is 6.54 Å². The van der Waals surface area contributed by atoms with E-state index in [9.17, 15) is 17.6 Å². The summed E-state index contributed by atoms with van der Waals surface area (Å²) >= 11 is 0. The van der Waals surface area contributed by atoms with Gasteiger partial charge in [0.2, 0.25) is 0 Å². The molecule has 0 saturated carbocycles. The lowest BCUT2D eigenvalue weighted by atomic mass is 10.1. The van der Waals surface area contributed by atoms with Crippen molar-refractivity contribution in [3.63, 3.8) is 0 Å². The number of aromatic amines is 1. The Morgan fingerprint density at radius 3 is 2.89 bits per heavy atom. The first kappa shape index (κ1) is 12.4. The molecular formula is C12H13FN2O3S. The molecule has 3 rings (SSSR count). The van der Waals surface area contributed by atoms with Gasteiger partial charge in [0.15, 0.2) is 9.84 Å². The van der Waals surface area contributed by atoms with Crippen molar-refractivity contribution in [2.24, 2.45) is 5.92 Å². The average molecular weight is 284 g/mol. The van der Waals surface area contributed by atoms with Gasteiger partial charge >= 0.3 is 5.69 Å². The smallest absolute Gasteiger partial charge is 0.306 e. The second-order valence-corrected chi connectivity index (χ2v) is 7.20. The lowest BCUT2D eigenvalue weighted by molar-refractivity contribution is 0.490. The molecule has 1 aliphatic heterocycles.